The van der Waals surface area contributed by atoms with E-state index in [2.05, 4.69) is 9.97 Å². The number of carboxylic acid groups (broad SMARTS) is 1. The van der Waals surface area contributed by atoms with Gasteiger partial charge in [0.1, 0.15) is 0 Å². The Hall–Kier alpha value is -2.76. The summed E-state index contributed by atoms with van der Waals surface area (Å²) in [6, 6.07) is 5.00. The average molecular weight is 300 g/mol. The number of fused-ring (bicyclic) bond motifs is 1. The van der Waals surface area contributed by atoms with Gasteiger partial charge in [-0.05, 0) is 31.0 Å². The first-order valence-electron chi connectivity index (χ1n) is 6.93. The number of carboxylic acids is 1. The van der Waals surface area contributed by atoms with Gasteiger partial charge in [0, 0.05) is 12.4 Å². The minimum absolute atomic E-state index is 0.0155. The van der Waals surface area contributed by atoms with Crippen molar-refractivity contribution in [3.05, 3.63) is 41.7 Å². The largest absolute Gasteiger partial charge is 0.478 e. The zero-order chi connectivity index (χ0) is 16.1. The Morgan fingerprint density at radius 1 is 1.14 bits per heavy atom. The van der Waals surface area contributed by atoms with E-state index < -0.39 is 11.9 Å². The molecule has 114 valence electrons. The molecule has 0 saturated heterocycles. The van der Waals surface area contributed by atoms with Crippen molar-refractivity contribution in [2.75, 3.05) is 6.61 Å². The summed E-state index contributed by atoms with van der Waals surface area (Å²) in [5.41, 5.74) is 1.79. The number of carbonyl (C=O) groups is 2. The Balaban J connectivity index is 2.65. The third-order valence-electron chi connectivity index (χ3n) is 3.15. The molecule has 0 radical (unpaired) electrons. The molecule has 0 aliphatic heterocycles. The molecule has 0 atom stereocenters. The number of rotatable bonds is 5. The number of ether oxygens (including phenoxy) is 1. The monoisotopic (exact) mass is 300 g/mol. The summed E-state index contributed by atoms with van der Waals surface area (Å²) >= 11 is 0. The molecule has 0 unspecified atom stereocenters. The number of hydrogen-bond acceptors (Lipinski definition) is 5. The summed E-state index contributed by atoms with van der Waals surface area (Å²) in [7, 11) is 0. The van der Waals surface area contributed by atoms with E-state index in [4.69, 9.17) is 4.74 Å². The molecule has 0 aliphatic rings. The molecular formula is C16H16N2O4. The summed E-state index contributed by atoms with van der Waals surface area (Å²) < 4.78 is 5.01. The van der Waals surface area contributed by atoms with Crippen molar-refractivity contribution >= 4 is 28.5 Å². The molecule has 0 bridgehead atoms. The van der Waals surface area contributed by atoms with E-state index in [0.29, 0.717) is 16.6 Å². The maximum absolute atomic E-state index is 12.2. The molecule has 0 aliphatic carbocycles. The molecule has 0 saturated carbocycles. The highest BCUT2D eigenvalue weighted by molar-refractivity contribution is 6.22. The van der Waals surface area contributed by atoms with E-state index in [0.717, 1.165) is 0 Å². The first-order valence-corrected chi connectivity index (χ1v) is 6.93. The standard InChI is InChI=1S/C16H16N2O4/c1-3-11(15(19)20)14(16(21)22-4-2)10-5-6-12-13(9-10)18-8-7-17-12/h5-9H,3-4H2,1-2H3,(H,19,20). The van der Waals surface area contributed by atoms with E-state index in [1.165, 1.54) is 6.20 Å². The smallest absolute Gasteiger partial charge is 0.339 e. The average Bonchev–Trinajstić information content (AvgIpc) is 2.51. The Bertz CT molecular complexity index is 753. The second-order valence-corrected chi connectivity index (χ2v) is 4.49. The molecule has 6 nitrogen and oxygen atoms in total. The lowest BCUT2D eigenvalue weighted by atomic mass is 9.97. The van der Waals surface area contributed by atoms with Crippen LogP contribution in [-0.4, -0.2) is 33.6 Å². The number of carbonyl (C=O) groups excluding carboxylic acids is 1. The molecule has 1 aromatic heterocycles. The second kappa shape index (κ2) is 6.80. The topological polar surface area (TPSA) is 89.4 Å². The number of aliphatic carboxylic acids is 1. The first kappa shape index (κ1) is 15.6. The minimum atomic E-state index is -1.13. The predicted octanol–water partition coefficient (Wildman–Crippen LogP) is 2.44. The zero-order valence-electron chi connectivity index (χ0n) is 12.4. The number of nitrogens with zero attached hydrogens (tertiary/aromatic N) is 2. The van der Waals surface area contributed by atoms with Gasteiger partial charge in [0.2, 0.25) is 0 Å². The fraction of sp³-hybridized carbons (Fsp3) is 0.250. The van der Waals surface area contributed by atoms with Crippen molar-refractivity contribution in [3.63, 3.8) is 0 Å². The van der Waals surface area contributed by atoms with Gasteiger partial charge in [-0.1, -0.05) is 13.0 Å². The van der Waals surface area contributed by atoms with Gasteiger partial charge < -0.3 is 9.84 Å². The molecule has 0 spiro atoms. The fourth-order valence-electron chi connectivity index (χ4n) is 2.17. The van der Waals surface area contributed by atoms with Crippen LogP contribution in [0.3, 0.4) is 0 Å². The van der Waals surface area contributed by atoms with Gasteiger partial charge in [0.05, 0.1) is 28.8 Å². The van der Waals surface area contributed by atoms with Gasteiger partial charge in [-0.2, -0.15) is 0 Å². The van der Waals surface area contributed by atoms with Crippen LogP contribution in [0.15, 0.2) is 36.2 Å². The van der Waals surface area contributed by atoms with Gasteiger partial charge in [-0.25, -0.2) is 9.59 Å². The van der Waals surface area contributed by atoms with Gasteiger partial charge >= 0.3 is 11.9 Å². The highest BCUT2D eigenvalue weighted by Crippen LogP contribution is 2.25. The first-order chi connectivity index (χ1) is 10.6. The van der Waals surface area contributed by atoms with E-state index in [1.54, 1.807) is 38.2 Å². The quantitative estimate of drug-likeness (QED) is 0.674. The molecule has 1 N–H and O–H groups in total. The molecule has 1 aromatic carbocycles. The van der Waals surface area contributed by atoms with Crippen molar-refractivity contribution < 1.29 is 19.4 Å². The van der Waals surface area contributed by atoms with Gasteiger partial charge in [-0.3, -0.25) is 9.97 Å². The molecule has 6 heteroatoms. The molecule has 0 amide bonds. The van der Waals surface area contributed by atoms with Gasteiger partial charge in [-0.15, -0.1) is 0 Å². The number of esters is 1. The Labute approximate surface area is 127 Å². The van der Waals surface area contributed by atoms with Crippen molar-refractivity contribution in [3.8, 4) is 0 Å². The summed E-state index contributed by atoms with van der Waals surface area (Å²) in [4.78, 5) is 32.0. The molecular weight excluding hydrogens is 284 g/mol. The SMILES string of the molecule is CCOC(=O)C(=C(CC)C(=O)O)c1ccc2nccnc2c1. The fourth-order valence-corrected chi connectivity index (χ4v) is 2.17. The predicted molar refractivity (Wildman–Crippen MR) is 81.0 cm³/mol. The van der Waals surface area contributed by atoms with Crippen molar-refractivity contribution in [1.82, 2.24) is 9.97 Å². The summed E-state index contributed by atoms with van der Waals surface area (Å²) in [5, 5.41) is 9.34. The lowest BCUT2D eigenvalue weighted by Crippen LogP contribution is -2.13. The summed E-state index contributed by atoms with van der Waals surface area (Å²) in [5.74, 6) is -1.78. The maximum Gasteiger partial charge on any atom is 0.339 e. The minimum Gasteiger partial charge on any atom is -0.478 e. The van der Waals surface area contributed by atoms with Crippen LogP contribution in [0.5, 0.6) is 0 Å². The molecule has 1 heterocycles. The normalized spacial score (nSPS) is 11.9. The Morgan fingerprint density at radius 2 is 1.82 bits per heavy atom. The third-order valence-corrected chi connectivity index (χ3v) is 3.15. The second-order valence-electron chi connectivity index (χ2n) is 4.49. The molecule has 22 heavy (non-hydrogen) atoms. The van der Waals surface area contributed by atoms with Crippen LogP contribution in [0.25, 0.3) is 16.6 Å². The van der Waals surface area contributed by atoms with Crippen LogP contribution in [0, 0.1) is 0 Å². The number of benzene rings is 1. The van der Waals surface area contributed by atoms with Crippen molar-refractivity contribution in [2.24, 2.45) is 0 Å². The third kappa shape index (κ3) is 3.11. The molecule has 0 fully saturated rings. The van der Waals surface area contributed by atoms with Crippen LogP contribution in [0.2, 0.25) is 0 Å². The van der Waals surface area contributed by atoms with Gasteiger partial charge in [0.25, 0.3) is 0 Å². The van der Waals surface area contributed by atoms with E-state index in [1.807, 2.05) is 0 Å². The van der Waals surface area contributed by atoms with Crippen molar-refractivity contribution in [1.29, 1.82) is 0 Å². The van der Waals surface area contributed by atoms with Crippen LogP contribution >= 0.6 is 0 Å². The highest BCUT2D eigenvalue weighted by Gasteiger charge is 2.22. The van der Waals surface area contributed by atoms with E-state index in [9.17, 15) is 14.7 Å². The highest BCUT2D eigenvalue weighted by atomic mass is 16.5. The molecule has 2 aromatic rings. The Morgan fingerprint density at radius 3 is 2.41 bits per heavy atom. The lowest BCUT2D eigenvalue weighted by Gasteiger charge is -2.11. The van der Waals surface area contributed by atoms with E-state index >= 15 is 0 Å². The van der Waals surface area contributed by atoms with Crippen molar-refractivity contribution in [2.45, 2.75) is 20.3 Å². The maximum atomic E-state index is 12.2. The summed E-state index contributed by atoms with van der Waals surface area (Å²) in [6.07, 6.45) is 3.32. The zero-order valence-corrected chi connectivity index (χ0v) is 12.4. The van der Waals surface area contributed by atoms with Crippen LogP contribution < -0.4 is 0 Å². The number of hydrogen-bond donors (Lipinski definition) is 1. The Kier molecular flexibility index (Phi) is 4.83. The van der Waals surface area contributed by atoms with Gasteiger partial charge in [0.15, 0.2) is 0 Å². The van der Waals surface area contributed by atoms with E-state index in [-0.39, 0.29) is 24.2 Å². The number of aromatic nitrogens is 2. The van der Waals surface area contributed by atoms with Crippen LogP contribution in [0.4, 0.5) is 0 Å². The van der Waals surface area contributed by atoms with Crippen LogP contribution in [-0.2, 0) is 14.3 Å². The lowest BCUT2D eigenvalue weighted by molar-refractivity contribution is -0.137. The summed E-state index contributed by atoms with van der Waals surface area (Å²) in [6.45, 7) is 3.53. The van der Waals surface area contributed by atoms with Crippen LogP contribution in [0.1, 0.15) is 25.8 Å². The molecule has 2 rings (SSSR count).